The minimum absolute atomic E-state index is 0.0702. The molecule has 31 heavy (non-hydrogen) atoms. The maximum absolute atomic E-state index is 10.4. The summed E-state index contributed by atoms with van der Waals surface area (Å²) in [5.74, 6) is 2.43. The van der Waals surface area contributed by atoms with E-state index in [4.69, 9.17) is 9.78 Å². The average Bonchev–Trinajstić information content (AvgIpc) is 3.09. The van der Waals surface area contributed by atoms with Crippen LogP contribution >= 0.6 is 0 Å². The summed E-state index contributed by atoms with van der Waals surface area (Å²) in [6.07, 6.45) is 15.3. The molecule has 8 atom stereocenters. The van der Waals surface area contributed by atoms with Crippen molar-refractivity contribution < 1.29 is 14.9 Å². The highest BCUT2D eigenvalue weighted by Gasteiger charge is 2.71. The van der Waals surface area contributed by atoms with Crippen LogP contribution in [0.1, 0.15) is 86.0 Å². The number of hydrogen-bond donors (Lipinski definition) is 1. The summed E-state index contributed by atoms with van der Waals surface area (Å²) < 4.78 is 0. The van der Waals surface area contributed by atoms with E-state index in [1.165, 1.54) is 30.4 Å². The molecule has 0 aromatic carbocycles. The molecule has 3 heteroatoms. The van der Waals surface area contributed by atoms with Gasteiger partial charge in [-0.1, -0.05) is 52.8 Å². The highest BCUT2D eigenvalue weighted by molar-refractivity contribution is 5.48. The van der Waals surface area contributed by atoms with Gasteiger partial charge >= 0.3 is 0 Å². The summed E-state index contributed by atoms with van der Waals surface area (Å²) in [6.45, 7) is 16.2. The van der Waals surface area contributed by atoms with Gasteiger partial charge < -0.3 is 5.11 Å². The van der Waals surface area contributed by atoms with Crippen molar-refractivity contribution in [3.05, 3.63) is 36.0 Å². The first-order chi connectivity index (χ1) is 14.6. The zero-order valence-electron chi connectivity index (χ0n) is 20.2. The minimum Gasteiger partial charge on any atom is -0.393 e. The lowest BCUT2D eigenvalue weighted by atomic mass is 9.46. The third-order valence-corrected chi connectivity index (χ3v) is 10.5. The maximum Gasteiger partial charge on any atom is 0.147 e. The highest BCUT2D eigenvalue weighted by Crippen LogP contribution is 2.71. The Hall–Kier alpha value is -0.900. The molecule has 1 saturated heterocycles. The van der Waals surface area contributed by atoms with Gasteiger partial charge in [0.2, 0.25) is 0 Å². The van der Waals surface area contributed by atoms with Crippen LogP contribution in [0.25, 0.3) is 0 Å². The molecule has 2 aliphatic heterocycles. The Morgan fingerprint density at radius 3 is 2.61 bits per heavy atom. The first-order valence-corrected chi connectivity index (χ1v) is 12.7. The van der Waals surface area contributed by atoms with Gasteiger partial charge in [-0.2, -0.15) is 0 Å². The van der Waals surface area contributed by atoms with Crippen molar-refractivity contribution in [1.82, 2.24) is 0 Å². The van der Waals surface area contributed by atoms with Crippen LogP contribution in [-0.2, 0) is 9.78 Å². The zero-order chi connectivity index (χ0) is 22.2. The van der Waals surface area contributed by atoms with E-state index in [0.717, 1.165) is 25.7 Å². The predicted molar refractivity (Wildman–Crippen MR) is 124 cm³/mol. The van der Waals surface area contributed by atoms with Gasteiger partial charge in [-0.15, -0.1) is 0 Å². The largest absolute Gasteiger partial charge is 0.393 e. The van der Waals surface area contributed by atoms with E-state index in [-0.39, 0.29) is 16.9 Å². The molecule has 4 aliphatic carbocycles. The molecule has 3 nitrogen and oxygen atoms in total. The van der Waals surface area contributed by atoms with Crippen molar-refractivity contribution in [2.24, 2.45) is 34.5 Å². The summed E-state index contributed by atoms with van der Waals surface area (Å²) in [5, 5.41) is 10.4. The lowest BCUT2D eigenvalue weighted by Gasteiger charge is -2.66. The van der Waals surface area contributed by atoms with Crippen molar-refractivity contribution in [1.29, 1.82) is 0 Å². The fraction of sp³-hybridized carbons (Fsp3) is 0.786. The molecule has 6 aliphatic rings. The zero-order valence-corrected chi connectivity index (χ0v) is 20.2. The molecule has 2 spiro atoms. The van der Waals surface area contributed by atoms with Crippen molar-refractivity contribution >= 4 is 0 Å². The third kappa shape index (κ3) is 2.82. The first kappa shape index (κ1) is 21.9. The van der Waals surface area contributed by atoms with Gasteiger partial charge in [-0.3, -0.25) is 0 Å². The van der Waals surface area contributed by atoms with Gasteiger partial charge in [0.25, 0.3) is 0 Å². The summed E-state index contributed by atoms with van der Waals surface area (Å²) >= 11 is 0. The second kappa shape index (κ2) is 7.05. The number of aliphatic hydroxyl groups excluding tert-OH is 1. The number of fused-ring (bicyclic) bond motifs is 2. The third-order valence-electron chi connectivity index (χ3n) is 10.5. The van der Waals surface area contributed by atoms with E-state index in [9.17, 15) is 5.11 Å². The van der Waals surface area contributed by atoms with E-state index in [2.05, 4.69) is 59.4 Å². The van der Waals surface area contributed by atoms with Crippen molar-refractivity contribution in [3.63, 3.8) is 0 Å². The highest BCUT2D eigenvalue weighted by atomic mass is 17.2. The Morgan fingerprint density at radius 2 is 1.94 bits per heavy atom. The second-order valence-corrected chi connectivity index (χ2v) is 12.3. The molecule has 0 aromatic rings. The Balaban J connectivity index is 1.45. The Kier molecular flexibility index (Phi) is 4.98. The SMILES string of the molecule is C=C(CC[C@@H](C)[C@@H]1CC[C@@H]2[C@]1(C)CC=C1[C@]3(C)CC[C@H](O)C[C@]34C=C[C@@]12OO4)C(C)C. The van der Waals surface area contributed by atoms with Gasteiger partial charge in [-0.05, 0) is 85.8 Å². The lowest BCUT2D eigenvalue weighted by molar-refractivity contribution is -0.455. The summed E-state index contributed by atoms with van der Waals surface area (Å²) in [6, 6.07) is 0. The fourth-order valence-electron chi connectivity index (χ4n) is 8.28. The fourth-order valence-corrected chi connectivity index (χ4v) is 8.28. The summed E-state index contributed by atoms with van der Waals surface area (Å²) in [7, 11) is 0. The quantitative estimate of drug-likeness (QED) is 0.401. The molecule has 6 rings (SSSR count). The van der Waals surface area contributed by atoms with Gasteiger partial charge in [0.1, 0.15) is 11.2 Å². The molecule has 172 valence electrons. The molecule has 3 fully saturated rings. The number of allylic oxidation sites excluding steroid dienone is 2. The molecule has 0 radical (unpaired) electrons. The Labute approximate surface area is 188 Å². The maximum atomic E-state index is 10.4. The van der Waals surface area contributed by atoms with Crippen molar-refractivity contribution in [2.45, 2.75) is 103 Å². The van der Waals surface area contributed by atoms with Gasteiger partial charge in [-0.25, -0.2) is 9.78 Å². The summed E-state index contributed by atoms with van der Waals surface area (Å²) in [5.41, 5.74) is 2.08. The molecule has 1 N–H and O–H groups in total. The Morgan fingerprint density at radius 1 is 1.16 bits per heavy atom. The molecular weight excluding hydrogens is 384 g/mol. The van der Waals surface area contributed by atoms with Crippen LogP contribution in [0, 0.1) is 34.5 Å². The van der Waals surface area contributed by atoms with Crippen LogP contribution in [0.3, 0.4) is 0 Å². The molecule has 0 unspecified atom stereocenters. The molecule has 0 amide bonds. The van der Waals surface area contributed by atoms with Crippen molar-refractivity contribution in [2.75, 3.05) is 0 Å². The van der Waals surface area contributed by atoms with Gasteiger partial charge in [0.15, 0.2) is 0 Å². The topological polar surface area (TPSA) is 38.7 Å². The molecule has 0 aromatic heterocycles. The van der Waals surface area contributed by atoms with Crippen LogP contribution < -0.4 is 0 Å². The van der Waals surface area contributed by atoms with E-state index in [1.54, 1.807) is 0 Å². The van der Waals surface area contributed by atoms with Crippen LogP contribution in [-0.4, -0.2) is 22.4 Å². The van der Waals surface area contributed by atoms with Crippen molar-refractivity contribution in [3.8, 4) is 0 Å². The van der Waals surface area contributed by atoms with Gasteiger partial charge in [0, 0.05) is 17.8 Å². The molecular formula is C28H42O3. The predicted octanol–water partition coefficient (Wildman–Crippen LogP) is 6.54. The van der Waals surface area contributed by atoms with E-state index >= 15 is 0 Å². The van der Waals surface area contributed by atoms with E-state index < -0.39 is 11.2 Å². The molecule has 2 heterocycles. The number of rotatable bonds is 5. The van der Waals surface area contributed by atoms with Crippen LogP contribution in [0.4, 0.5) is 0 Å². The number of hydrogen-bond acceptors (Lipinski definition) is 3. The normalized spacial score (nSPS) is 48.7. The second-order valence-electron chi connectivity index (χ2n) is 12.3. The number of aliphatic hydroxyl groups is 1. The minimum atomic E-state index is -0.505. The standard InChI is InChI=1S/C28H42O3/c1-18(2)19(3)7-8-20(4)22-9-10-23-25(22,5)13-12-24-26(6)14-11-21(29)17-27(26)15-16-28(23,24)31-30-27/h12,15-16,18,20-23,29H,3,7-11,13-14,17H2,1-2,4-6H3/t20-,21+,22+,23-,25-,26+,27-,28+/m1/s1. The first-order valence-electron chi connectivity index (χ1n) is 12.7. The lowest BCUT2D eigenvalue weighted by Crippen LogP contribution is -2.69. The van der Waals surface area contributed by atoms with Crippen LogP contribution in [0.15, 0.2) is 36.0 Å². The van der Waals surface area contributed by atoms with Gasteiger partial charge in [0.05, 0.1) is 6.10 Å². The molecule has 2 saturated carbocycles. The van der Waals surface area contributed by atoms with Crippen LogP contribution in [0.2, 0.25) is 0 Å². The average molecular weight is 427 g/mol. The Bertz CT molecular complexity index is 826. The smallest absolute Gasteiger partial charge is 0.147 e. The van der Waals surface area contributed by atoms with E-state index in [1.807, 2.05) is 0 Å². The monoisotopic (exact) mass is 426 g/mol. The van der Waals surface area contributed by atoms with E-state index in [0.29, 0.717) is 30.1 Å². The summed E-state index contributed by atoms with van der Waals surface area (Å²) in [4.78, 5) is 12.7. The van der Waals surface area contributed by atoms with Crippen LogP contribution in [0.5, 0.6) is 0 Å². The molecule has 2 bridgehead atoms.